The van der Waals surface area contributed by atoms with Crippen LogP contribution in [0.1, 0.15) is 12.0 Å². The van der Waals surface area contributed by atoms with Gasteiger partial charge >= 0.3 is 0 Å². The molecule has 0 aromatic heterocycles. The van der Waals surface area contributed by atoms with E-state index in [0.29, 0.717) is 6.61 Å². The topological polar surface area (TPSA) is 73.5 Å². The van der Waals surface area contributed by atoms with Crippen molar-refractivity contribution < 1.29 is 14.9 Å². The second-order valence-corrected chi connectivity index (χ2v) is 3.50. The van der Waals surface area contributed by atoms with E-state index < -0.39 is 12.2 Å². The number of aliphatic hydroxyl groups excluding tert-OH is 2. The van der Waals surface area contributed by atoms with Crippen molar-refractivity contribution in [2.45, 2.75) is 25.2 Å². The molecule has 4 heteroatoms. The molecule has 2 atom stereocenters. The molecule has 0 radical (unpaired) electrons. The molecule has 86 valence electrons. The smallest absolute Gasteiger partial charge is 0.104 e. The van der Waals surface area contributed by atoms with E-state index in [4.69, 9.17) is 10.00 Å². The van der Waals surface area contributed by atoms with Crippen molar-refractivity contribution >= 4 is 0 Å². The molecule has 0 aliphatic carbocycles. The first kappa shape index (κ1) is 12.7. The maximum absolute atomic E-state index is 9.40. The molecule has 0 saturated carbocycles. The second kappa shape index (κ2) is 6.96. The van der Waals surface area contributed by atoms with E-state index >= 15 is 0 Å². The second-order valence-electron chi connectivity index (χ2n) is 3.50. The summed E-state index contributed by atoms with van der Waals surface area (Å²) in [5, 5.41) is 27.0. The van der Waals surface area contributed by atoms with Crippen molar-refractivity contribution in [2.24, 2.45) is 0 Å². The predicted molar refractivity (Wildman–Crippen MR) is 58.3 cm³/mol. The van der Waals surface area contributed by atoms with Gasteiger partial charge in [-0.2, -0.15) is 5.26 Å². The molecule has 0 saturated heterocycles. The highest BCUT2D eigenvalue weighted by Crippen LogP contribution is 2.03. The highest BCUT2D eigenvalue weighted by molar-refractivity contribution is 5.13. The van der Waals surface area contributed by atoms with E-state index in [-0.39, 0.29) is 13.0 Å². The maximum atomic E-state index is 9.40. The zero-order valence-corrected chi connectivity index (χ0v) is 8.91. The molecule has 16 heavy (non-hydrogen) atoms. The summed E-state index contributed by atoms with van der Waals surface area (Å²) in [7, 11) is 0. The number of nitrogens with zero attached hydrogens (tertiary/aromatic N) is 1. The first-order valence-corrected chi connectivity index (χ1v) is 5.08. The van der Waals surface area contributed by atoms with E-state index in [1.807, 2.05) is 30.3 Å². The summed E-state index contributed by atoms with van der Waals surface area (Å²) in [6.07, 6.45) is -2.14. The largest absolute Gasteiger partial charge is 0.389 e. The SMILES string of the molecule is N#[13C]C[C@H](O)[C@H](O)COCc1ccccc1. The quantitative estimate of drug-likeness (QED) is 0.699. The number of aliphatic hydroxyl groups is 2. The van der Waals surface area contributed by atoms with E-state index in [1.54, 1.807) is 6.07 Å². The minimum absolute atomic E-state index is 0.0255. The lowest BCUT2D eigenvalue weighted by molar-refractivity contribution is -0.0400. The molecule has 1 aromatic rings. The molecule has 2 N–H and O–H groups in total. The highest BCUT2D eigenvalue weighted by atomic mass is 16.5. The van der Waals surface area contributed by atoms with Gasteiger partial charge in [0.25, 0.3) is 0 Å². The maximum Gasteiger partial charge on any atom is 0.104 e. The lowest BCUT2D eigenvalue weighted by atomic mass is 10.2. The zero-order chi connectivity index (χ0) is 11.8. The van der Waals surface area contributed by atoms with Gasteiger partial charge in [-0.3, -0.25) is 0 Å². The number of nitriles is 1. The summed E-state index contributed by atoms with van der Waals surface area (Å²) >= 11 is 0. The Kier molecular flexibility index (Phi) is 5.51. The van der Waals surface area contributed by atoms with Gasteiger partial charge in [0.1, 0.15) is 6.10 Å². The van der Waals surface area contributed by atoms with E-state index in [2.05, 4.69) is 0 Å². The number of benzene rings is 1. The standard InChI is InChI=1S/C12H15NO3/c13-7-6-11(14)12(15)9-16-8-10-4-2-1-3-5-10/h1-5,11-12,14-15H,6,8-9H2/t11-,12+/m0/s1/i7+1. The third-order valence-corrected chi connectivity index (χ3v) is 2.14. The van der Waals surface area contributed by atoms with Crippen LogP contribution in [-0.4, -0.2) is 29.0 Å². The van der Waals surface area contributed by atoms with Gasteiger partial charge in [-0.15, -0.1) is 0 Å². The minimum atomic E-state index is -1.04. The fraction of sp³-hybridized carbons (Fsp3) is 0.417. The van der Waals surface area contributed by atoms with Crippen molar-refractivity contribution in [1.29, 1.82) is 5.26 Å². The zero-order valence-electron chi connectivity index (χ0n) is 8.91. The van der Waals surface area contributed by atoms with Crippen LogP contribution in [0.25, 0.3) is 0 Å². The van der Waals surface area contributed by atoms with E-state index in [0.717, 1.165) is 5.56 Å². The predicted octanol–water partition coefficient (Wildman–Crippen LogP) is 0.839. The molecule has 4 nitrogen and oxygen atoms in total. The molecule has 0 fully saturated rings. The Morgan fingerprint density at radius 3 is 2.50 bits per heavy atom. The van der Waals surface area contributed by atoms with Crippen molar-refractivity contribution in [3.05, 3.63) is 35.9 Å². The van der Waals surface area contributed by atoms with Crippen LogP contribution in [0.15, 0.2) is 30.3 Å². The van der Waals surface area contributed by atoms with Crippen molar-refractivity contribution in [1.82, 2.24) is 0 Å². The number of hydrogen-bond acceptors (Lipinski definition) is 4. The Balaban J connectivity index is 2.23. The van der Waals surface area contributed by atoms with Crippen LogP contribution in [0.2, 0.25) is 0 Å². The van der Waals surface area contributed by atoms with Crippen LogP contribution in [0.3, 0.4) is 0 Å². The normalized spacial score (nSPS) is 14.1. The van der Waals surface area contributed by atoms with Gasteiger partial charge in [-0.1, -0.05) is 30.3 Å². The summed E-state index contributed by atoms with van der Waals surface area (Å²) < 4.78 is 5.23. The minimum Gasteiger partial charge on any atom is -0.389 e. The van der Waals surface area contributed by atoms with Gasteiger partial charge in [0.15, 0.2) is 0 Å². The van der Waals surface area contributed by atoms with Crippen molar-refractivity contribution in [3.63, 3.8) is 0 Å². The third-order valence-electron chi connectivity index (χ3n) is 2.14. The Labute approximate surface area is 94.7 Å². The molecule has 0 amide bonds. The number of rotatable bonds is 6. The average molecular weight is 222 g/mol. The fourth-order valence-corrected chi connectivity index (χ4v) is 1.21. The first-order valence-electron chi connectivity index (χ1n) is 5.08. The average Bonchev–Trinajstić information content (AvgIpc) is 2.30. The molecule has 0 aliphatic rings. The Morgan fingerprint density at radius 2 is 1.88 bits per heavy atom. The molecule has 1 rings (SSSR count). The summed E-state index contributed by atoms with van der Waals surface area (Å²) in [6, 6.07) is 11.3. The molecule has 0 bridgehead atoms. The Morgan fingerprint density at radius 1 is 1.19 bits per heavy atom. The molecular weight excluding hydrogens is 207 g/mol. The Bertz CT molecular complexity index is 334. The summed E-state index contributed by atoms with van der Waals surface area (Å²) in [5.74, 6) is 0. The third kappa shape index (κ3) is 4.41. The Hall–Kier alpha value is -1.41. The van der Waals surface area contributed by atoms with Crippen molar-refractivity contribution in [3.8, 4) is 6.07 Å². The van der Waals surface area contributed by atoms with Crippen molar-refractivity contribution in [2.75, 3.05) is 6.61 Å². The van der Waals surface area contributed by atoms with Crippen LogP contribution in [-0.2, 0) is 11.3 Å². The van der Waals surface area contributed by atoms with Crippen LogP contribution in [0.4, 0.5) is 0 Å². The van der Waals surface area contributed by atoms with E-state index in [9.17, 15) is 10.2 Å². The molecular formula is C12H15NO3. The van der Waals surface area contributed by atoms with Crippen LogP contribution >= 0.6 is 0 Å². The monoisotopic (exact) mass is 222 g/mol. The van der Waals surface area contributed by atoms with Gasteiger partial charge in [-0.05, 0) is 5.56 Å². The molecule has 1 aromatic carbocycles. The van der Waals surface area contributed by atoms with Crippen LogP contribution in [0, 0.1) is 11.3 Å². The van der Waals surface area contributed by atoms with Gasteiger partial charge < -0.3 is 14.9 Å². The van der Waals surface area contributed by atoms with Crippen LogP contribution in [0.5, 0.6) is 0 Å². The highest BCUT2D eigenvalue weighted by Gasteiger charge is 2.15. The molecule has 0 spiro atoms. The molecule has 0 unspecified atom stereocenters. The molecule has 0 heterocycles. The first-order chi connectivity index (χ1) is 7.74. The molecule has 0 aliphatic heterocycles. The van der Waals surface area contributed by atoms with E-state index in [1.165, 1.54) is 0 Å². The van der Waals surface area contributed by atoms with Gasteiger partial charge in [0.2, 0.25) is 0 Å². The van der Waals surface area contributed by atoms with Gasteiger partial charge in [0, 0.05) is 0 Å². The summed E-state index contributed by atoms with van der Waals surface area (Å²) in [6.45, 7) is 0.412. The number of ether oxygens (including phenoxy) is 1. The lowest BCUT2D eigenvalue weighted by Gasteiger charge is -2.15. The summed E-state index contributed by atoms with van der Waals surface area (Å²) in [5.41, 5.74) is 1.00. The lowest BCUT2D eigenvalue weighted by Crippen LogP contribution is -2.30. The summed E-state index contributed by atoms with van der Waals surface area (Å²) in [4.78, 5) is 0. The fourth-order valence-electron chi connectivity index (χ4n) is 1.21. The van der Waals surface area contributed by atoms with Crippen LogP contribution < -0.4 is 0 Å². The number of hydrogen-bond donors (Lipinski definition) is 2. The van der Waals surface area contributed by atoms with Gasteiger partial charge in [-0.25, -0.2) is 0 Å². The van der Waals surface area contributed by atoms with Gasteiger partial charge in [0.05, 0.1) is 31.8 Å².